The molecule has 4 amide bonds. The lowest BCUT2D eigenvalue weighted by Crippen LogP contribution is -2.67. The fourth-order valence-electron chi connectivity index (χ4n) is 2.21. The Bertz CT molecular complexity index is 958. The second kappa shape index (κ2) is 8.95. The Labute approximate surface area is 179 Å². The fourth-order valence-corrected chi connectivity index (χ4v) is 2.76. The standard InChI is InChI=1S/C16H20N6O8S/c1-16(2,13(27)28)30-20-10(8-6-31-14(17)19-8)11(25)18-7-4-22(12(7)26)15(29)21(3)5-9(23)24/h6-7H,4-5H2,1-3H3,(H2,17,19)(H,18,25)(H,23,24)(H,27,28)/b20-10-. The number of amides is 4. The van der Waals surface area contributed by atoms with E-state index in [1.807, 2.05) is 0 Å². The van der Waals surface area contributed by atoms with Crippen LogP contribution in [0, 0.1) is 0 Å². The third-order valence-electron chi connectivity index (χ3n) is 4.02. The topological polar surface area (TPSA) is 205 Å². The number of hydrogen-bond donors (Lipinski definition) is 4. The van der Waals surface area contributed by atoms with Crippen LogP contribution in [-0.2, 0) is 24.0 Å². The van der Waals surface area contributed by atoms with Crippen molar-refractivity contribution in [2.75, 3.05) is 25.9 Å². The molecule has 0 bridgehead atoms. The summed E-state index contributed by atoms with van der Waals surface area (Å²) in [5, 5.41) is 25.3. The van der Waals surface area contributed by atoms with Gasteiger partial charge in [0.05, 0.1) is 6.54 Å². The number of likely N-dealkylation sites (tertiary alicyclic amines) is 1. The van der Waals surface area contributed by atoms with Crippen LogP contribution in [0.2, 0.25) is 0 Å². The van der Waals surface area contributed by atoms with E-state index >= 15 is 0 Å². The zero-order valence-corrected chi connectivity index (χ0v) is 17.5. The molecule has 2 heterocycles. The number of nitrogens with two attached hydrogens (primary N) is 1. The number of nitrogens with one attached hydrogen (secondary N) is 1. The molecule has 1 atom stereocenters. The van der Waals surface area contributed by atoms with Crippen LogP contribution in [-0.4, -0.2) is 92.3 Å². The van der Waals surface area contributed by atoms with Gasteiger partial charge in [-0.3, -0.25) is 19.3 Å². The van der Waals surface area contributed by atoms with Crippen molar-refractivity contribution in [2.45, 2.75) is 25.5 Å². The Morgan fingerprint density at radius 1 is 1.42 bits per heavy atom. The van der Waals surface area contributed by atoms with E-state index in [1.54, 1.807) is 0 Å². The number of thiazole rings is 1. The number of carbonyl (C=O) groups excluding carboxylic acids is 3. The molecule has 15 heteroatoms. The van der Waals surface area contributed by atoms with Gasteiger partial charge in [0.2, 0.25) is 5.60 Å². The molecule has 0 radical (unpaired) electrons. The molecular formula is C16H20N6O8S. The highest BCUT2D eigenvalue weighted by atomic mass is 32.1. The van der Waals surface area contributed by atoms with Gasteiger partial charge < -0.3 is 31.0 Å². The number of β-lactam (4-membered cyclic amide) rings is 1. The van der Waals surface area contributed by atoms with Crippen molar-refractivity contribution in [3.8, 4) is 0 Å². The Kier molecular flexibility index (Phi) is 6.79. The van der Waals surface area contributed by atoms with Gasteiger partial charge in [-0.1, -0.05) is 5.16 Å². The number of carbonyl (C=O) groups is 5. The number of urea groups is 1. The molecule has 1 aromatic rings. The number of oxime groups is 1. The first-order valence-electron chi connectivity index (χ1n) is 8.63. The van der Waals surface area contributed by atoms with Crippen LogP contribution in [0.5, 0.6) is 0 Å². The van der Waals surface area contributed by atoms with Crippen LogP contribution in [0.25, 0.3) is 0 Å². The average Bonchev–Trinajstić information content (AvgIpc) is 3.09. The lowest BCUT2D eigenvalue weighted by molar-refractivity contribution is -0.161. The zero-order chi connectivity index (χ0) is 23.5. The summed E-state index contributed by atoms with van der Waals surface area (Å²) < 4.78 is 0. The van der Waals surface area contributed by atoms with E-state index in [0.29, 0.717) is 0 Å². The van der Waals surface area contributed by atoms with E-state index in [-0.39, 0.29) is 17.4 Å². The zero-order valence-electron chi connectivity index (χ0n) is 16.7. The van der Waals surface area contributed by atoms with Crippen LogP contribution in [0.1, 0.15) is 19.5 Å². The molecule has 168 valence electrons. The lowest BCUT2D eigenvalue weighted by Gasteiger charge is -2.38. The largest absolute Gasteiger partial charge is 0.480 e. The maximum absolute atomic E-state index is 12.7. The van der Waals surface area contributed by atoms with E-state index in [9.17, 15) is 24.0 Å². The lowest BCUT2D eigenvalue weighted by atomic mass is 10.1. The predicted octanol–water partition coefficient (Wildman–Crippen LogP) is -1.23. The minimum Gasteiger partial charge on any atom is -0.480 e. The summed E-state index contributed by atoms with van der Waals surface area (Å²) in [7, 11) is 1.22. The molecule has 1 aliphatic rings. The first kappa shape index (κ1) is 23.5. The summed E-state index contributed by atoms with van der Waals surface area (Å²) in [6.45, 7) is 1.65. The van der Waals surface area contributed by atoms with Gasteiger partial charge in [0.25, 0.3) is 11.8 Å². The molecular weight excluding hydrogens is 436 g/mol. The molecule has 2 rings (SSSR count). The van der Waals surface area contributed by atoms with Crippen LogP contribution in [0.15, 0.2) is 10.5 Å². The molecule has 0 aliphatic carbocycles. The van der Waals surface area contributed by atoms with Crippen LogP contribution in [0.4, 0.5) is 9.93 Å². The Morgan fingerprint density at radius 3 is 2.55 bits per heavy atom. The van der Waals surface area contributed by atoms with Crippen molar-refractivity contribution >= 4 is 52.0 Å². The third-order valence-corrected chi connectivity index (χ3v) is 4.70. The van der Waals surface area contributed by atoms with Crippen LogP contribution < -0.4 is 11.1 Å². The smallest absolute Gasteiger partial charge is 0.350 e. The highest BCUT2D eigenvalue weighted by molar-refractivity contribution is 7.13. The molecule has 1 fully saturated rings. The van der Waals surface area contributed by atoms with Gasteiger partial charge in [0, 0.05) is 12.4 Å². The molecule has 5 N–H and O–H groups in total. The summed E-state index contributed by atoms with van der Waals surface area (Å²) in [5.74, 6) is -4.24. The van der Waals surface area contributed by atoms with Gasteiger partial charge in [0.15, 0.2) is 10.8 Å². The predicted molar refractivity (Wildman–Crippen MR) is 105 cm³/mol. The van der Waals surface area contributed by atoms with Gasteiger partial charge in [-0.05, 0) is 13.8 Å². The van der Waals surface area contributed by atoms with Crippen molar-refractivity contribution in [1.29, 1.82) is 0 Å². The van der Waals surface area contributed by atoms with Gasteiger partial charge in [-0.2, -0.15) is 0 Å². The number of likely N-dealkylation sites (N-methyl/N-ethyl adjacent to an activating group) is 1. The van der Waals surface area contributed by atoms with Gasteiger partial charge in [-0.15, -0.1) is 11.3 Å². The van der Waals surface area contributed by atoms with Crippen LogP contribution >= 0.6 is 11.3 Å². The summed E-state index contributed by atoms with van der Waals surface area (Å²) in [6.07, 6.45) is 0. The Morgan fingerprint density at radius 2 is 2.06 bits per heavy atom. The number of carboxylic acids is 2. The van der Waals surface area contributed by atoms with E-state index in [4.69, 9.17) is 20.8 Å². The molecule has 1 saturated heterocycles. The average molecular weight is 456 g/mol. The number of aromatic nitrogens is 1. The number of carboxylic acid groups (broad SMARTS) is 2. The molecule has 31 heavy (non-hydrogen) atoms. The van der Waals surface area contributed by atoms with Crippen molar-refractivity contribution in [3.63, 3.8) is 0 Å². The Balaban J connectivity index is 2.11. The van der Waals surface area contributed by atoms with Crippen molar-refractivity contribution in [3.05, 3.63) is 11.1 Å². The summed E-state index contributed by atoms with van der Waals surface area (Å²) in [4.78, 5) is 69.3. The summed E-state index contributed by atoms with van der Waals surface area (Å²) >= 11 is 1.00. The van der Waals surface area contributed by atoms with Gasteiger partial charge >= 0.3 is 18.0 Å². The summed E-state index contributed by atoms with van der Waals surface area (Å²) in [5.41, 5.74) is 3.40. The highest BCUT2D eigenvalue weighted by Crippen LogP contribution is 2.17. The van der Waals surface area contributed by atoms with E-state index in [2.05, 4.69) is 15.5 Å². The molecule has 1 aliphatic heterocycles. The maximum Gasteiger partial charge on any atom is 0.350 e. The molecule has 1 unspecified atom stereocenters. The monoisotopic (exact) mass is 456 g/mol. The molecule has 0 saturated carbocycles. The minimum atomic E-state index is -1.75. The van der Waals surface area contributed by atoms with Crippen molar-refractivity contribution < 1.29 is 39.0 Å². The first-order valence-corrected chi connectivity index (χ1v) is 9.51. The van der Waals surface area contributed by atoms with Crippen LogP contribution in [0.3, 0.4) is 0 Å². The second-order valence-electron chi connectivity index (χ2n) is 6.92. The second-order valence-corrected chi connectivity index (χ2v) is 7.81. The number of hydrogen-bond acceptors (Lipinski definition) is 10. The number of anilines is 1. The normalized spacial score (nSPS) is 16.4. The third kappa shape index (κ3) is 5.44. The number of imide groups is 1. The number of nitrogens with zero attached hydrogens (tertiary/aromatic N) is 4. The quantitative estimate of drug-likeness (QED) is 0.208. The minimum absolute atomic E-state index is 0.00193. The van der Waals surface area contributed by atoms with E-state index < -0.39 is 53.7 Å². The van der Waals surface area contributed by atoms with Gasteiger partial charge in [0.1, 0.15) is 18.3 Å². The summed E-state index contributed by atoms with van der Waals surface area (Å²) in [6, 6.07) is -1.91. The van der Waals surface area contributed by atoms with Crippen molar-refractivity contribution in [1.82, 2.24) is 20.1 Å². The number of rotatable bonds is 8. The van der Waals surface area contributed by atoms with E-state index in [1.165, 1.54) is 26.3 Å². The van der Waals surface area contributed by atoms with E-state index in [0.717, 1.165) is 21.1 Å². The number of aliphatic carboxylic acids is 2. The SMILES string of the molecule is CN(CC(=O)O)C(=O)N1CC(NC(=O)/C(=N\OC(C)(C)C(=O)O)c2csc(N)n2)C1=O. The van der Waals surface area contributed by atoms with Gasteiger partial charge in [-0.25, -0.2) is 14.6 Å². The number of nitrogen functional groups attached to an aromatic ring is 1. The first-order chi connectivity index (χ1) is 14.3. The molecule has 0 spiro atoms. The van der Waals surface area contributed by atoms with Crippen molar-refractivity contribution in [2.24, 2.45) is 5.16 Å². The molecule has 14 nitrogen and oxygen atoms in total. The fraction of sp³-hybridized carbons (Fsp3) is 0.438. The molecule has 1 aromatic heterocycles. The maximum atomic E-state index is 12.7. The molecule has 0 aromatic carbocycles. The highest BCUT2D eigenvalue weighted by Gasteiger charge is 2.44. The Hall–Kier alpha value is -3.75.